The van der Waals surface area contributed by atoms with Gasteiger partial charge in [-0.3, -0.25) is 0 Å². The summed E-state index contributed by atoms with van der Waals surface area (Å²) < 4.78 is 79.0. The van der Waals surface area contributed by atoms with Gasteiger partial charge in [-0.15, -0.1) is 0 Å². The number of hydrogen-bond acceptors (Lipinski definition) is 2. The Bertz CT molecular complexity index is 2880. The molecule has 8 aromatic carbocycles. The summed E-state index contributed by atoms with van der Waals surface area (Å²) in [6.07, 6.45) is 0. The number of fused-ring (bicyclic) bond motifs is 7. The average molecular weight is 570 g/mol. The van der Waals surface area contributed by atoms with Crippen LogP contribution < -0.4 is 4.90 Å². The molecule has 0 bridgehead atoms. The highest BCUT2D eigenvalue weighted by Gasteiger charge is 2.22. The van der Waals surface area contributed by atoms with Gasteiger partial charge in [-0.1, -0.05) is 121 Å². The number of nitrogens with zero attached hydrogens (tertiary/aromatic N) is 1. The van der Waals surface area contributed by atoms with Gasteiger partial charge in [0.2, 0.25) is 0 Å². The molecule has 0 saturated heterocycles. The van der Waals surface area contributed by atoms with Crippen LogP contribution >= 0.6 is 0 Å². The highest BCUT2D eigenvalue weighted by atomic mass is 16.3. The zero-order chi connectivity index (χ0) is 36.0. The van der Waals surface area contributed by atoms with Gasteiger partial charge >= 0.3 is 0 Å². The van der Waals surface area contributed by atoms with Crippen LogP contribution in [0.4, 0.5) is 17.1 Å². The predicted octanol–water partition coefficient (Wildman–Crippen LogP) is 12.2. The van der Waals surface area contributed by atoms with Gasteiger partial charge in [0.25, 0.3) is 0 Å². The van der Waals surface area contributed by atoms with E-state index in [1.165, 1.54) is 0 Å². The van der Waals surface area contributed by atoms with Crippen molar-refractivity contribution in [3.05, 3.63) is 164 Å². The normalized spacial score (nSPS) is 14.2. The van der Waals surface area contributed by atoms with Crippen LogP contribution in [0.3, 0.4) is 0 Å². The van der Waals surface area contributed by atoms with Crippen LogP contribution in [0.25, 0.3) is 65.4 Å². The van der Waals surface area contributed by atoms with Crippen molar-refractivity contribution in [2.24, 2.45) is 0 Å². The molecule has 0 aliphatic heterocycles. The highest BCUT2D eigenvalue weighted by molar-refractivity contribution is 6.22. The molecule has 0 unspecified atom stereocenters. The molecule has 0 saturated carbocycles. The molecular formula is C42H27NO. The maximum atomic E-state index is 9.81. The van der Waals surface area contributed by atoms with Gasteiger partial charge in [0, 0.05) is 22.1 Å². The topological polar surface area (TPSA) is 16.4 Å². The molecular weight excluding hydrogens is 534 g/mol. The summed E-state index contributed by atoms with van der Waals surface area (Å²) in [7, 11) is 0. The first-order chi connectivity index (χ1) is 25.2. The van der Waals surface area contributed by atoms with Crippen LogP contribution in [0.15, 0.2) is 168 Å². The van der Waals surface area contributed by atoms with Crippen molar-refractivity contribution in [3.8, 4) is 11.1 Å². The van der Waals surface area contributed by atoms with Crippen molar-refractivity contribution < 1.29 is 15.4 Å². The molecule has 0 N–H and O–H groups in total. The smallest absolute Gasteiger partial charge is 0.143 e. The number of furan rings is 1. The van der Waals surface area contributed by atoms with E-state index < -0.39 is 12.1 Å². The van der Waals surface area contributed by atoms with Crippen molar-refractivity contribution in [1.29, 1.82) is 0 Å². The minimum Gasteiger partial charge on any atom is -0.455 e. The van der Waals surface area contributed by atoms with E-state index in [1.807, 2.05) is 95.9 Å². The third-order valence-corrected chi connectivity index (χ3v) is 8.19. The third-order valence-electron chi connectivity index (χ3n) is 8.19. The highest BCUT2D eigenvalue weighted by Crippen LogP contribution is 2.46. The van der Waals surface area contributed by atoms with Crippen molar-refractivity contribution in [1.82, 2.24) is 0 Å². The minimum absolute atomic E-state index is 0.00148. The largest absolute Gasteiger partial charge is 0.455 e. The fourth-order valence-electron chi connectivity index (χ4n) is 6.14. The Morgan fingerprint density at radius 2 is 1.14 bits per heavy atom. The van der Waals surface area contributed by atoms with Crippen molar-refractivity contribution in [2.75, 3.05) is 4.90 Å². The lowest BCUT2D eigenvalue weighted by Gasteiger charge is -2.27. The van der Waals surface area contributed by atoms with Crippen LogP contribution in [-0.2, 0) is 0 Å². The first kappa shape index (κ1) is 17.9. The molecule has 0 amide bonds. The van der Waals surface area contributed by atoms with E-state index >= 15 is 0 Å². The number of benzene rings is 8. The monoisotopic (exact) mass is 569 g/mol. The zero-order valence-electron chi connectivity index (χ0n) is 31.3. The summed E-state index contributed by atoms with van der Waals surface area (Å²) in [5, 5.41) is 4.54. The van der Waals surface area contributed by atoms with E-state index in [4.69, 9.17) is 12.6 Å². The Kier molecular flexibility index (Phi) is 4.02. The van der Waals surface area contributed by atoms with Gasteiger partial charge in [-0.2, -0.15) is 0 Å². The zero-order valence-corrected chi connectivity index (χ0v) is 23.3. The first-order valence-corrected chi connectivity index (χ1v) is 14.4. The van der Waals surface area contributed by atoms with Crippen LogP contribution in [-0.4, -0.2) is 0 Å². The maximum absolute atomic E-state index is 9.81. The summed E-state index contributed by atoms with van der Waals surface area (Å²) in [5.74, 6) is 0. The van der Waals surface area contributed by atoms with E-state index in [-0.39, 0.29) is 80.2 Å². The van der Waals surface area contributed by atoms with Crippen molar-refractivity contribution in [2.45, 2.75) is 0 Å². The second kappa shape index (κ2) is 9.86. The number of rotatable bonds is 4. The Labute approximate surface area is 266 Å². The van der Waals surface area contributed by atoms with Gasteiger partial charge < -0.3 is 9.32 Å². The lowest BCUT2D eigenvalue weighted by Crippen LogP contribution is -2.10. The average Bonchev–Trinajstić information content (AvgIpc) is 3.57. The Morgan fingerprint density at radius 1 is 0.523 bits per heavy atom. The van der Waals surface area contributed by atoms with E-state index in [1.54, 1.807) is 24.3 Å². The second-order valence-corrected chi connectivity index (χ2v) is 10.7. The van der Waals surface area contributed by atoms with Crippen LogP contribution in [0, 0.1) is 0 Å². The van der Waals surface area contributed by atoms with Gasteiger partial charge in [-0.25, -0.2) is 0 Å². The molecule has 0 aliphatic rings. The molecule has 9 rings (SSSR count). The molecule has 1 heterocycles. The maximum Gasteiger partial charge on any atom is 0.143 e. The first-order valence-electron chi connectivity index (χ1n) is 18.4. The standard InChI is InChI=1S/C42H27NO/c1-2-13-30(14-3-1)37-27-38-41-39(19-10-20-40(41)44-42(38)36-18-9-8-17-35(36)37)43(33-23-21-28-11-4-6-15-31(28)25-33)34-24-22-29-12-5-7-16-32(29)26-34/h1-27H/i8D,9D,10D,17D,18D,19D,20D,27D. The minimum atomic E-state index is -0.460. The molecule has 1 aromatic heterocycles. The number of hydrogen-bond donors (Lipinski definition) is 0. The quantitative estimate of drug-likeness (QED) is 0.210. The van der Waals surface area contributed by atoms with E-state index in [0.29, 0.717) is 16.9 Å². The van der Waals surface area contributed by atoms with Crippen molar-refractivity contribution >= 4 is 71.3 Å². The second-order valence-electron chi connectivity index (χ2n) is 10.7. The molecule has 9 aromatic rings. The summed E-state index contributed by atoms with van der Waals surface area (Å²) in [4.78, 5) is 1.86. The summed E-state index contributed by atoms with van der Waals surface area (Å²) in [6.45, 7) is 0. The number of anilines is 3. The fraction of sp³-hybridized carbons (Fsp3) is 0. The van der Waals surface area contributed by atoms with Crippen LogP contribution in [0.1, 0.15) is 11.0 Å². The molecule has 206 valence electrons. The molecule has 0 fully saturated rings. The molecule has 0 aliphatic carbocycles. The molecule has 0 atom stereocenters. The molecule has 0 radical (unpaired) electrons. The summed E-state index contributed by atoms with van der Waals surface area (Å²) in [6, 6.07) is 34.1. The Morgan fingerprint density at radius 3 is 1.82 bits per heavy atom. The summed E-state index contributed by atoms with van der Waals surface area (Å²) >= 11 is 0. The van der Waals surface area contributed by atoms with E-state index in [9.17, 15) is 2.74 Å². The Hall–Kier alpha value is -5.86. The van der Waals surface area contributed by atoms with Crippen LogP contribution in [0.5, 0.6) is 0 Å². The third kappa shape index (κ3) is 3.89. The molecule has 2 nitrogen and oxygen atoms in total. The predicted molar refractivity (Wildman–Crippen MR) is 186 cm³/mol. The van der Waals surface area contributed by atoms with Crippen LogP contribution in [0.2, 0.25) is 0 Å². The lowest BCUT2D eigenvalue weighted by atomic mass is 9.95. The summed E-state index contributed by atoms with van der Waals surface area (Å²) in [5.41, 5.74) is 2.35. The molecule has 44 heavy (non-hydrogen) atoms. The fourth-order valence-corrected chi connectivity index (χ4v) is 6.14. The van der Waals surface area contributed by atoms with E-state index in [0.717, 1.165) is 21.5 Å². The van der Waals surface area contributed by atoms with E-state index in [2.05, 4.69) is 0 Å². The van der Waals surface area contributed by atoms with Gasteiger partial charge in [0.05, 0.1) is 22.0 Å². The lowest BCUT2D eigenvalue weighted by molar-refractivity contribution is 0.672. The van der Waals surface area contributed by atoms with Gasteiger partial charge in [0.1, 0.15) is 11.2 Å². The molecule has 2 heteroatoms. The Balaban J connectivity index is 1.51. The SMILES string of the molecule is [2H]c1c([2H])c(N(c2ccc3ccccc3c2)c2ccc3ccccc3c2)c2c(oc3c4c([2H])c([2H])c([2H])c([2H])c4c(-c4ccccc4)c([2H])c32)c1[2H]. The van der Waals surface area contributed by atoms with Crippen molar-refractivity contribution in [3.63, 3.8) is 0 Å². The van der Waals surface area contributed by atoms with Gasteiger partial charge in [-0.05, 0) is 80.5 Å². The molecule has 0 spiro atoms. The van der Waals surface area contributed by atoms with Gasteiger partial charge in [0.15, 0.2) is 0 Å².